The molecule has 5 nitrogen and oxygen atoms in total. The van der Waals surface area contributed by atoms with E-state index in [2.05, 4.69) is 21.6 Å². The summed E-state index contributed by atoms with van der Waals surface area (Å²) in [4.78, 5) is 12.1. The predicted molar refractivity (Wildman–Crippen MR) is 78.5 cm³/mol. The van der Waals surface area contributed by atoms with Gasteiger partial charge in [0.1, 0.15) is 5.82 Å². The number of rotatable bonds is 4. The standard InChI is InChI=1S/C13H15N3O2S2/c1-16-12(14-15-13(16)20-7-11(17)18)9-3-2-4-10-8(9)5-6-19-10/h5-6,9H,2-4,7H2,1H3,(H,17,18). The highest BCUT2D eigenvalue weighted by Crippen LogP contribution is 2.38. The van der Waals surface area contributed by atoms with E-state index in [1.165, 1.54) is 28.6 Å². The third-order valence-electron chi connectivity index (χ3n) is 3.56. The van der Waals surface area contributed by atoms with Gasteiger partial charge in [-0.3, -0.25) is 4.79 Å². The molecule has 0 radical (unpaired) electrons. The van der Waals surface area contributed by atoms with Crippen LogP contribution in [0.3, 0.4) is 0 Å². The number of carbonyl (C=O) groups is 1. The highest BCUT2D eigenvalue weighted by Gasteiger charge is 2.27. The summed E-state index contributed by atoms with van der Waals surface area (Å²) in [5, 5.41) is 20.0. The monoisotopic (exact) mass is 309 g/mol. The summed E-state index contributed by atoms with van der Waals surface area (Å²) in [5.74, 6) is 0.414. The van der Waals surface area contributed by atoms with E-state index in [4.69, 9.17) is 5.11 Å². The molecule has 2 heterocycles. The van der Waals surface area contributed by atoms with Crippen molar-refractivity contribution in [2.24, 2.45) is 7.05 Å². The van der Waals surface area contributed by atoms with Gasteiger partial charge < -0.3 is 9.67 Å². The molecule has 0 amide bonds. The van der Waals surface area contributed by atoms with E-state index in [1.54, 1.807) is 0 Å². The van der Waals surface area contributed by atoms with Crippen LogP contribution >= 0.6 is 23.1 Å². The molecule has 1 aliphatic carbocycles. The van der Waals surface area contributed by atoms with Crippen molar-refractivity contribution in [2.45, 2.75) is 30.3 Å². The molecule has 0 aromatic carbocycles. The molecule has 1 atom stereocenters. The Morgan fingerprint density at radius 1 is 1.60 bits per heavy atom. The topological polar surface area (TPSA) is 68.0 Å². The molecule has 1 unspecified atom stereocenters. The Hall–Kier alpha value is -1.34. The maximum Gasteiger partial charge on any atom is 0.313 e. The number of hydrogen-bond acceptors (Lipinski definition) is 5. The molecule has 1 N–H and O–H groups in total. The minimum Gasteiger partial charge on any atom is -0.481 e. The average molecular weight is 309 g/mol. The maximum atomic E-state index is 10.6. The number of nitrogens with zero attached hydrogens (tertiary/aromatic N) is 3. The van der Waals surface area contributed by atoms with Crippen LogP contribution < -0.4 is 0 Å². The van der Waals surface area contributed by atoms with Gasteiger partial charge in [-0.1, -0.05) is 11.8 Å². The van der Waals surface area contributed by atoms with Crippen molar-refractivity contribution in [1.29, 1.82) is 0 Å². The van der Waals surface area contributed by atoms with E-state index in [9.17, 15) is 4.79 Å². The Labute approximate surface area is 125 Å². The smallest absolute Gasteiger partial charge is 0.313 e. The lowest BCUT2D eigenvalue weighted by atomic mass is 9.87. The summed E-state index contributed by atoms with van der Waals surface area (Å²) >= 11 is 3.03. The molecular formula is C13H15N3O2S2. The van der Waals surface area contributed by atoms with Crippen molar-refractivity contribution >= 4 is 29.1 Å². The molecule has 0 fully saturated rings. The van der Waals surface area contributed by atoms with Gasteiger partial charge in [-0.05, 0) is 36.3 Å². The largest absolute Gasteiger partial charge is 0.481 e. The quantitative estimate of drug-likeness (QED) is 0.879. The van der Waals surface area contributed by atoms with Gasteiger partial charge in [0, 0.05) is 17.8 Å². The normalized spacial score (nSPS) is 17.9. The molecule has 0 spiro atoms. The fourth-order valence-electron chi connectivity index (χ4n) is 2.64. The number of carboxylic acid groups (broad SMARTS) is 1. The lowest BCUT2D eigenvalue weighted by Gasteiger charge is -2.21. The second-order valence-electron chi connectivity index (χ2n) is 4.83. The van der Waals surface area contributed by atoms with Gasteiger partial charge in [0.25, 0.3) is 0 Å². The van der Waals surface area contributed by atoms with Crippen LogP contribution in [0.25, 0.3) is 0 Å². The second kappa shape index (κ2) is 5.57. The number of aromatic nitrogens is 3. The number of thioether (sulfide) groups is 1. The van der Waals surface area contributed by atoms with Crippen LogP contribution in [0.1, 0.15) is 35.0 Å². The number of aliphatic carboxylic acids is 1. The van der Waals surface area contributed by atoms with Crippen LogP contribution in [-0.2, 0) is 18.3 Å². The van der Waals surface area contributed by atoms with Crippen molar-refractivity contribution in [3.8, 4) is 0 Å². The summed E-state index contributed by atoms with van der Waals surface area (Å²) in [7, 11) is 1.92. The summed E-state index contributed by atoms with van der Waals surface area (Å²) < 4.78 is 1.94. The van der Waals surface area contributed by atoms with Crippen molar-refractivity contribution < 1.29 is 9.90 Å². The fourth-order valence-corrected chi connectivity index (χ4v) is 4.26. The molecule has 7 heteroatoms. The first-order chi connectivity index (χ1) is 9.66. The van der Waals surface area contributed by atoms with Crippen molar-refractivity contribution in [2.75, 3.05) is 5.75 Å². The first-order valence-corrected chi connectivity index (χ1v) is 8.33. The molecule has 106 valence electrons. The molecular weight excluding hydrogens is 294 g/mol. The average Bonchev–Trinajstić information content (AvgIpc) is 3.02. The molecule has 20 heavy (non-hydrogen) atoms. The molecule has 3 rings (SSSR count). The van der Waals surface area contributed by atoms with Crippen LogP contribution in [0.5, 0.6) is 0 Å². The van der Waals surface area contributed by atoms with Crippen LogP contribution in [0.4, 0.5) is 0 Å². The molecule has 2 aromatic heterocycles. The number of aryl methyl sites for hydroxylation is 1. The highest BCUT2D eigenvalue weighted by atomic mass is 32.2. The summed E-state index contributed by atoms with van der Waals surface area (Å²) in [6.07, 6.45) is 3.41. The van der Waals surface area contributed by atoms with Crippen molar-refractivity contribution in [3.05, 3.63) is 27.7 Å². The van der Waals surface area contributed by atoms with Crippen LogP contribution in [0.15, 0.2) is 16.6 Å². The summed E-state index contributed by atoms with van der Waals surface area (Å²) in [5.41, 5.74) is 1.37. The fraction of sp³-hybridized carbons (Fsp3) is 0.462. The number of fused-ring (bicyclic) bond motifs is 1. The Morgan fingerprint density at radius 3 is 3.25 bits per heavy atom. The SMILES string of the molecule is Cn1c(SCC(=O)O)nnc1C1CCCc2sccc21. The van der Waals surface area contributed by atoms with Gasteiger partial charge in [-0.25, -0.2) is 0 Å². The lowest BCUT2D eigenvalue weighted by molar-refractivity contribution is -0.133. The molecule has 0 saturated carbocycles. The van der Waals surface area contributed by atoms with E-state index in [-0.39, 0.29) is 5.75 Å². The minimum absolute atomic E-state index is 0.0142. The molecule has 0 bridgehead atoms. The van der Waals surface area contributed by atoms with E-state index < -0.39 is 5.97 Å². The minimum atomic E-state index is -0.836. The van der Waals surface area contributed by atoms with Crippen LogP contribution in [0.2, 0.25) is 0 Å². The maximum absolute atomic E-state index is 10.6. The Bertz CT molecular complexity index is 635. The second-order valence-corrected chi connectivity index (χ2v) is 6.77. The molecule has 0 saturated heterocycles. The van der Waals surface area contributed by atoms with Gasteiger partial charge in [0.15, 0.2) is 5.16 Å². The summed E-state index contributed by atoms with van der Waals surface area (Å²) in [6.45, 7) is 0. The molecule has 1 aliphatic rings. The van der Waals surface area contributed by atoms with Crippen molar-refractivity contribution in [1.82, 2.24) is 14.8 Å². The zero-order valence-corrected chi connectivity index (χ0v) is 12.7. The zero-order chi connectivity index (χ0) is 14.1. The number of carboxylic acids is 1. The third kappa shape index (κ3) is 2.47. The highest BCUT2D eigenvalue weighted by molar-refractivity contribution is 7.99. The summed E-state index contributed by atoms with van der Waals surface area (Å²) in [6, 6.07) is 2.18. The Morgan fingerprint density at radius 2 is 2.45 bits per heavy atom. The van der Waals surface area contributed by atoms with Gasteiger partial charge in [0.05, 0.1) is 5.75 Å². The Balaban J connectivity index is 1.87. The predicted octanol–water partition coefficient (Wildman–Crippen LogP) is 2.52. The van der Waals surface area contributed by atoms with Gasteiger partial charge in [-0.15, -0.1) is 21.5 Å². The lowest BCUT2D eigenvalue weighted by Crippen LogP contribution is -2.13. The molecule has 2 aromatic rings. The van der Waals surface area contributed by atoms with Crippen molar-refractivity contribution in [3.63, 3.8) is 0 Å². The zero-order valence-electron chi connectivity index (χ0n) is 11.1. The van der Waals surface area contributed by atoms with Gasteiger partial charge in [0.2, 0.25) is 0 Å². The van der Waals surface area contributed by atoms with Gasteiger partial charge in [-0.2, -0.15) is 0 Å². The van der Waals surface area contributed by atoms with E-state index >= 15 is 0 Å². The first-order valence-electron chi connectivity index (χ1n) is 6.47. The van der Waals surface area contributed by atoms with E-state index in [0.717, 1.165) is 18.7 Å². The van der Waals surface area contributed by atoms with Crippen LogP contribution in [0, 0.1) is 0 Å². The third-order valence-corrected chi connectivity index (χ3v) is 5.56. The van der Waals surface area contributed by atoms with E-state index in [1.807, 2.05) is 23.0 Å². The molecule has 0 aliphatic heterocycles. The van der Waals surface area contributed by atoms with Gasteiger partial charge >= 0.3 is 5.97 Å². The Kier molecular flexibility index (Phi) is 3.80. The van der Waals surface area contributed by atoms with Crippen LogP contribution in [-0.4, -0.2) is 31.6 Å². The first kappa shape index (κ1) is 13.6. The van der Waals surface area contributed by atoms with E-state index in [0.29, 0.717) is 11.1 Å². The number of hydrogen-bond donors (Lipinski definition) is 1. The number of thiophene rings is 1.